The Labute approximate surface area is 97.6 Å². The van der Waals surface area contributed by atoms with Crippen molar-refractivity contribution >= 4 is 6.09 Å². The molecule has 1 atom stereocenters. The highest BCUT2D eigenvalue weighted by atomic mass is 16.6. The minimum Gasteiger partial charge on any atom is -0.449 e. The van der Waals surface area contributed by atoms with Gasteiger partial charge >= 0.3 is 6.09 Å². The minimum atomic E-state index is -0.216. The number of carbonyl (C=O) groups excluding carboxylic acids is 1. The molecule has 0 aromatic rings. The molecule has 1 saturated heterocycles. The molecule has 0 bridgehead atoms. The molecule has 4 nitrogen and oxygen atoms in total. The second kappa shape index (κ2) is 6.74. The minimum absolute atomic E-state index is 0.138. The van der Waals surface area contributed by atoms with Crippen LogP contribution in [0.1, 0.15) is 39.5 Å². The number of hydrogen-bond donors (Lipinski definition) is 1. The first-order valence-corrected chi connectivity index (χ1v) is 6.19. The summed E-state index contributed by atoms with van der Waals surface area (Å²) in [4.78, 5) is 13.6. The molecule has 94 valence electrons. The fourth-order valence-electron chi connectivity index (χ4n) is 2.01. The first-order chi connectivity index (χ1) is 7.65. The zero-order valence-corrected chi connectivity index (χ0v) is 10.3. The molecule has 1 aliphatic rings. The molecule has 0 radical (unpaired) electrons. The van der Waals surface area contributed by atoms with Crippen molar-refractivity contribution < 1.29 is 14.6 Å². The predicted octanol–water partition coefficient (Wildman–Crippen LogP) is 2.02. The molecule has 0 aromatic heterocycles. The largest absolute Gasteiger partial charge is 0.449 e. The smallest absolute Gasteiger partial charge is 0.410 e. The summed E-state index contributed by atoms with van der Waals surface area (Å²) in [5, 5.41) is 8.96. The Hall–Kier alpha value is -0.770. The molecule has 1 rings (SSSR count). The van der Waals surface area contributed by atoms with Gasteiger partial charge in [0.15, 0.2) is 0 Å². The number of hydrogen-bond acceptors (Lipinski definition) is 3. The van der Waals surface area contributed by atoms with Crippen LogP contribution in [0.25, 0.3) is 0 Å². The molecule has 0 aliphatic carbocycles. The highest BCUT2D eigenvalue weighted by Crippen LogP contribution is 2.20. The first-order valence-electron chi connectivity index (χ1n) is 6.19. The van der Waals surface area contributed by atoms with E-state index in [9.17, 15) is 4.79 Å². The second-order valence-electron chi connectivity index (χ2n) is 4.83. The highest BCUT2D eigenvalue weighted by Gasteiger charge is 2.27. The van der Waals surface area contributed by atoms with E-state index >= 15 is 0 Å². The molecule has 16 heavy (non-hydrogen) atoms. The van der Waals surface area contributed by atoms with E-state index < -0.39 is 0 Å². The highest BCUT2D eigenvalue weighted by molar-refractivity contribution is 5.68. The van der Waals surface area contributed by atoms with Crippen molar-refractivity contribution in [3.05, 3.63) is 0 Å². The van der Waals surface area contributed by atoms with Crippen LogP contribution in [-0.4, -0.2) is 41.9 Å². The monoisotopic (exact) mass is 229 g/mol. The molecule has 0 aromatic carbocycles. The van der Waals surface area contributed by atoms with Crippen LogP contribution >= 0.6 is 0 Å². The van der Waals surface area contributed by atoms with Crippen molar-refractivity contribution in [3.8, 4) is 0 Å². The number of nitrogens with zero attached hydrogens (tertiary/aromatic N) is 1. The lowest BCUT2D eigenvalue weighted by Crippen LogP contribution is -2.44. The first kappa shape index (κ1) is 13.3. The van der Waals surface area contributed by atoms with E-state index in [-0.39, 0.29) is 18.7 Å². The SMILES string of the molecule is CC(C)COC(=O)N1CCCC[C@H]1CCO. The van der Waals surface area contributed by atoms with Gasteiger partial charge in [0.25, 0.3) is 0 Å². The molecule has 1 amide bonds. The van der Waals surface area contributed by atoms with Gasteiger partial charge in [0, 0.05) is 19.2 Å². The zero-order chi connectivity index (χ0) is 12.0. The van der Waals surface area contributed by atoms with Gasteiger partial charge in [-0.2, -0.15) is 0 Å². The van der Waals surface area contributed by atoms with Crippen LogP contribution in [0.5, 0.6) is 0 Å². The van der Waals surface area contributed by atoms with Crippen molar-refractivity contribution in [1.29, 1.82) is 0 Å². The lowest BCUT2D eigenvalue weighted by Gasteiger charge is -2.34. The van der Waals surface area contributed by atoms with Crippen LogP contribution in [0.15, 0.2) is 0 Å². The maximum Gasteiger partial charge on any atom is 0.410 e. The summed E-state index contributed by atoms with van der Waals surface area (Å²) >= 11 is 0. The van der Waals surface area contributed by atoms with E-state index in [2.05, 4.69) is 0 Å². The van der Waals surface area contributed by atoms with Gasteiger partial charge in [-0.05, 0) is 31.6 Å². The van der Waals surface area contributed by atoms with Crippen LogP contribution in [0.4, 0.5) is 4.79 Å². The molecule has 0 unspecified atom stereocenters. The van der Waals surface area contributed by atoms with Gasteiger partial charge < -0.3 is 14.7 Å². The molecular weight excluding hydrogens is 206 g/mol. The van der Waals surface area contributed by atoms with Crippen LogP contribution in [0.3, 0.4) is 0 Å². The van der Waals surface area contributed by atoms with E-state index in [4.69, 9.17) is 9.84 Å². The van der Waals surface area contributed by atoms with E-state index in [1.807, 2.05) is 13.8 Å². The van der Waals surface area contributed by atoms with E-state index in [1.54, 1.807) is 4.90 Å². The Balaban J connectivity index is 2.43. The van der Waals surface area contributed by atoms with Crippen LogP contribution < -0.4 is 0 Å². The molecule has 0 saturated carbocycles. The number of aliphatic hydroxyl groups is 1. The second-order valence-corrected chi connectivity index (χ2v) is 4.83. The molecular formula is C12H23NO3. The zero-order valence-electron chi connectivity index (χ0n) is 10.3. The Morgan fingerprint density at radius 1 is 1.50 bits per heavy atom. The Morgan fingerprint density at radius 2 is 2.25 bits per heavy atom. The van der Waals surface area contributed by atoms with E-state index in [0.717, 1.165) is 25.8 Å². The number of likely N-dealkylation sites (tertiary alicyclic amines) is 1. The number of carbonyl (C=O) groups is 1. The average molecular weight is 229 g/mol. The van der Waals surface area contributed by atoms with E-state index in [0.29, 0.717) is 18.9 Å². The summed E-state index contributed by atoms with van der Waals surface area (Å²) in [6.45, 7) is 5.42. The van der Waals surface area contributed by atoms with Crippen LogP contribution in [0.2, 0.25) is 0 Å². The van der Waals surface area contributed by atoms with Crippen molar-refractivity contribution in [1.82, 2.24) is 4.90 Å². The number of amides is 1. The van der Waals surface area contributed by atoms with Gasteiger partial charge in [0.2, 0.25) is 0 Å². The van der Waals surface area contributed by atoms with Gasteiger partial charge in [0.1, 0.15) is 0 Å². The fourth-order valence-corrected chi connectivity index (χ4v) is 2.01. The topological polar surface area (TPSA) is 49.8 Å². The fraction of sp³-hybridized carbons (Fsp3) is 0.917. The molecule has 0 spiro atoms. The molecule has 1 N–H and O–H groups in total. The summed E-state index contributed by atoms with van der Waals surface area (Å²) < 4.78 is 5.22. The van der Waals surface area contributed by atoms with Gasteiger partial charge in [-0.25, -0.2) is 4.79 Å². The molecule has 1 heterocycles. The maximum absolute atomic E-state index is 11.8. The van der Waals surface area contributed by atoms with Gasteiger partial charge in [-0.1, -0.05) is 13.8 Å². The van der Waals surface area contributed by atoms with Gasteiger partial charge in [-0.3, -0.25) is 0 Å². The number of ether oxygens (including phenoxy) is 1. The molecule has 1 fully saturated rings. The summed E-state index contributed by atoms with van der Waals surface area (Å²) in [6, 6.07) is 0.165. The third kappa shape index (κ3) is 4.00. The Morgan fingerprint density at radius 3 is 2.88 bits per heavy atom. The van der Waals surface area contributed by atoms with Gasteiger partial charge in [0.05, 0.1) is 6.61 Å². The Bertz CT molecular complexity index is 216. The van der Waals surface area contributed by atoms with Crippen molar-refractivity contribution in [2.24, 2.45) is 5.92 Å². The third-order valence-corrected chi connectivity index (χ3v) is 2.86. The lowest BCUT2D eigenvalue weighted by molar-refractivity contribution is 0.0589. The summed E-state index contributed by atoms with van der Waals surface area (Å²) in [5.41, 5.74) is 0. The predicted molar refractivity (Wildman–Crippen MR) is 62.2 cm³/mol. The van der Waals surface area contributed by atoms with Gasteiger partial charge in [-0.15, -0.1) is 0 Å². The average Bonchev–Trinajstić information content (AvgIpc) is 2.27. The summed E-state index contributed by atoms with van der Waals surface area (Å²) in [6.07, 6.45) is 3.61. The van der Waals surface area contributed by atoms with Crippen molar-refractivity contribution in [3.63, 3.8) is 0 Å². The summed E-state index contributed by atoms with van der Waals surface area (Å²) in [5.74, 6) is 0.366. The Kier molecular flexibility index (Phi) is 5.60. The normalized spacial score (nSPS) is 21.2. The van der Waals surface area contributed by atoms with Crippen molar-refractivity contribution in [2.75, 3.05) is 19.8 Å². The molecule has 4 heteroatoms. The van der Waals surface area contributed by atoms with E-state index in [1.165, 1.54) is 0 Å². The summed E-state index contributed by atoms with van der Waals surface area (Å²) in [7, 11) is 0. The quantitative estimate of drug-likeness (QED) is 0.802. The van der Waals surface area contributed by atoms with Crippen LogP contribution in [-0.2, 0) is 4.74 Å². The lowest BCUT2D eigenvalue weighted by atomic mass is 10.0. The number of piperidine rings is 1. The van der Waals surface area contributed by atoms with Crippen LogP contribution in [0, 0.1) is 5.92 Å². The number of rotatable bonds is 4. The number of aliphatic hydroxyl groups excluding tert-OH is 1. The maximum atomic E-state index is 11.8. The van der Waals surface area contributed by atoms with Crippen molar-refractivity contribution in [2.45, 2.75) is 45.6 Å². The third-order valence-electron chi connectivity index (χ3n) is 2.86. The standard InChI is InChI=1S/C12H23NO3/c1-10(2)9-16-12(15)13-7-4-3-5-11(13)6-8-14/h10-11,14H,3-9H2,1-2H3/t11-/m0/s1. The molecule has 1 aliphatic heterocycles.